The zero-order chi connectivity index (χ0) is 20.3. The summed E-state index contributed by atoms with van der Waals surface area (Å²) in [6, 6.07) is 11.1. The Bertz CT molecular complexity index is 842. The highest BCUT2D eigenvalue weighted by atomic mass is 35.5. The maximum Gasteiger partial charge on any atom is 0.254 e. The fraction of sp³-hybridized carbons (Fsp3) is 0.455. The van der Waals surface area contributed by atoms with Gasteiger partial charge in [-0.3, -0.25) is 9.59 Å². The summed E-state index contributed by atoms with van der Waals surface area (Å²) in [7, 11) is 1.98. The summed E-state index contributed by atoms with van der Waals surface area (Å²) in [6.45, 7) is 5.51. The van der Waals surface area contributed by atoms with Gasteiger partial charge in [-0.05, 0) is 49.1 Å². The number of carbonyl (C=O) groups excluding carboxylic acids is 2. The van der Waals surface area contributed by atoms with E-state index in [9.17, 15) is 9.59 Å². The molecule has 1 fully saturated rings. The van der Waals surface area contributed by atoms with E-state index in [-0.39, 0.29) is 24.4 Å². The van der Waals surface area contributed by atoms with E-state index in [1.807, 2.05) is 34.8 Å². The van der Waals surface area contributed by atoms with E-state index in [4.69, 9.17) is 11.6 Å². The third kappa shape index (κ3) is 5.16. The molecule has 0 saturated heterocycles. The molecular formula is C22H28ClN3O2. The molecule has 5 nitrogen and oxygen atoms in total. The van der Waals surface area contributed by atoms with Gasteiger partial charge in [0.25, 0.3) is 5.91 Å². The van der Waals surface area contributed by atoms with Crippen LogP contribution in [0.4, 0.5) is 0 Å². The number of aryl methyl sites for hydroxylation is 1. The van der Waals surface area contributed by atoms with Gasteiger partial charge in [0.05, 0.1) is 6.54 Å². The van der Waals surface area contributed by atoms with Gasteiger partial charge >= 0.3 is 0 Å². The van der Waals surface area contributed by atoms with Crippen molar-refractivity contribution < 1.29 is 9.59 Å². The zero-order valence-corrected chi connectivity index (χ0v) is 17.5. The minimum Gasteiger partial charge on any atom is -0.353 e. The average molecular weight is 402 g/mol. The fourth-order valence-corrected chi connectivity index (χ4v) is 3.53. The topological polar surface area (TPSA) is 45.6 Å². The first-order valence-corrected chi connectivity index (χ1v) is 10.2. The van der Waals surface area contributed by atoms with Gasteiger partial charge in [0.1, 0.15) is 6.54 Å². The molecule has 1 heterocycles. The second-order valence-electron chi connectivity index (χ2n) is 7.95. The molecule has 1 aliphatic rings. The van der Waals surface area contributed by atoms with Crippen LogP contribution in [0.25, 0.3) is 0 Å². The van der Waals surface area contributed by atoms with Crippen LogP contribution in [0.3, 0.4) is 0 Å². The van der Waals surface area contributed by atoms with E-state index in [2.05, 4.69) is 13.8 Å². The zero-order valence-electron chi connectivity index (χ0n) is 16.8. The molecule has 28 heavy (non-hydrogen) atoms. The molecule has 2 amide bonds. The number of aromatic nitrogens is 1. The van der Waals surface area contributed by atoms with E-state index in [1.165, 1.54) is 0 Å². The van der Waals surface area contributed by atoms with Crippen LogP contribution < -0.4 is 0 Å². The molecule has 150 valence electrons. The summed E-state index contributed by atoms with van der Waals surface area (Å²) >= 11 is 6.05. The van der Waals surface area contributed by atoms with Crippen LogP contribution in [0.5, 0.6) is 0 Å². The number of benzene rings is 1. The second-order valence-corrected chi connectivity index (χ2v) is 8.39. The van der Waals surface area contributed by atoms with Crippen molar-refractivity contribution in [2.24, 2.45) is 13.0 Å². The first-order chi connectivity index (χ1) is 13.3. The van der Waals surface area contributed by atoms with Crippen LogP contribution in [-0.4, -0.2) is 45.3 Å². The van der Waals surface area contributed by atoms with Gasteiger partial charge in [-0.2, -0.15) is 0 Å². The van der Waals surface area contributed by atoms with Crippen molar-refractivity contribution in [3.63, 3.8) is 0 Å². The standard InChI is InChI=1S/C22H28ClN3O2/c1-16(2)13-25(14-20-8-5-11-24(20)3)21(27)15-26(19-9-10-19)22(28)17-6-4-7-18(23)12-17/h4-8,11-12,16,19H,9-10,13-15H2,1-3H3. The maximum atomic E-state index is 13.2. The summed E-state index contributed by atoms with van der Waals surface area (Å²) in [6.07, 6.45) is 3.87. The maximum absolute atomic E-state index is 13.2. The number of hydrogen-bond donors (Lipinski definition) is 0. The number of amides is 2. The summed E-state index contributed by atoms with van der Waals surface area (Å²) < 4.78 is 2.02. The molecule has 0 unspecified atom stereocenters. The molecule has 0 aliphatic heterocycles. The number of halogens is 1. The van der Waals surface area contributed by atoms with Crippen LogP contribution in [0, 0.1) is 5.92 Å². The van der Waals surface area contributed by atoms with Crippen LogP contribution in [-0.2, 0) is 18.4 Å². The first-order valence-electron chi connectivity index (χ1n) is 9.79. The molecule has 1 saturated carbocycles. The van der Waals surface area contributed by atoms with Crippen LogP contribution >= 0.6 is 11.6 Å². The Kier molecular flexibility index (Phi) is 6.45. The lowest BCUT2D eigenvalue weighted by molar-refractivity contribution is -0.133. The third-order valence-electron chi connectivity index (χ3n) is 4.97. The second kappa shape index (κ2) is 8.82. The quantitative estimate of drug-likeness (QED) is 0.671. The van der Waals surface area contributed by atoms with Gasteiger partial charge in [-0.1, -0.05) is 31.5 Å². The monoisotopic (exact) mass is 401 g/mol. The summed E-state index contributed by atoms with van der Waals surface area (Å²) in [4.78, 5) is 29.8. The van der Waals surface area contributed by atoms with E-state index >= 15 is 0 Å². The Morgan fingerprint density at radius 2 is 1.96 bits per heavy atom. The Morgan fingerprint density at radius 3 is 2.54 bits per heavy atom. The molecular weight excluding hydrogens is 374 g/mol. The summed E-state index contributed by atoms with van der Waals surface area (Å²) in [5.74, 6) is 0.209. The van der Waals surface area contributed by atoms with Crippen molar-refractivity contribution in [1.82, 2.24) is 14.4 Å². The van der Waals surface area contributed by atoms with Crippen molar-refractivity contribution >= 4 is 23.4 Å². The summed E-state index contributed by atoms with van der Waals surface area (Å²) in [5, 5.41) is 0.526. The Hall–Kier alpha value is -2.27. The smallest absolute Gasteiger partial charge is 0.254 e. The van der Waals surface area contributed by atoms with Crippen LogP contribution in [0.2, 0.25) is 5.02 Å². The van der Waals surface area contributed by atoms with Gasteiger partial charge in [0.15, 0.2) is 0 Å². The van der Waals surface area contributed by atoms with Gasteiger partial charge < -0.3 is 14.4 Å². The molecule has 0 atom stereocenters. The van der Waals surface area contributed by atoms with Gasteiger partial charge in [-0.25, -0.2) is 0 Å². The third-order valence-corrected chi connectivity index (χ3v) is 5.20. The molecule has 3 rings (SSSR count). The Balaban J connectivity index is 1.75. The van der Waals surface area contributed by atoms with Crippen molar-refractivity contribution in [3.05, 3.63) is 58.9 Å². The molecule has 1 aromatic carbocycles. The van der Waals surface area contributed by atoms with Crippen LogP contribution in [0.15, 0.2) is 42.6 Å². The van der Waals surface area contributed by atoms with Crippen molar-refractivity contribution in [2.75, 3.05) is 13.1 Å². The Morgan fingerprint density at radius 1 is 1.21 bits per heavy atom. The molecule has 1 aliphatic carbocycles. The highest BCUT2D eigenvalue weighted by molar-refractivity contribution is 6.31. The van der Waals surface area contributed by atoms with Crippen molar-refractivity contribution in [2.45, 2.75) is 39.3 Å². The number of rotatable bonds is 8. The Labute approximate surface area is 171 Å². The average Bonchev–Trinajstić information content (AvgIpc) is 3.41. The van der Waals surface area contributed by atoms with E-state index in [0.29, 0.717) is 29.6 Å². The van der Waals surface area contributed by atoms with Crippen molar-refractivity contribution in [1.29, 1.82) is 0 Å². The van der Waals surface area contributed by atoms with E-state index in [1.54, 1.807) is 29.2 Å². The molecule has 6 heteroatoms. The minimum absolute atomic E-state index is 0.0165. The van der Waals surface area contributed by atoms with E-state index in [0.717, 1.165) is 18.5 Å². The highest BCUT2D eigenvalue weighted by Crippen LogP contribution is 2.29. The molecule has 0 bridgehead atoms. The molecule has 0 N–H and O–H groups in total. The molecule has 2 aromatic rings. The van der Waals surface area contributed by atoms with Crippen LogP contribution in [0.1, 0.15) is 42.7 Å². The van der Waals surface area contributed by atoms with Crippen molar-refractivity contribution in [3.8, 4) is 0 Å². The normalized spacial score (nSPS) is 13.6. The predicted octanol–water partition coefficient (Wildman–Crippen LogP) is 3.97. The predicted molar refractivity (Wildman–Crippen MR) is 111 cm³/mol. The lowest BCUT2D eigenvalue weighted by Gasteiger charge is -2.29. The number of hydrogen-bond acceptors (Lipinski definition) is 2. The lowest BCUT2D eigenvalue weighted by Crippen LogP contribution is -2.45. The van der Waals surface area contributed by atoms with Gasteiger partial charge in [0, 0.05) is 42.1 Å². The minimum atomic E-state index is -0.123. The van der Waals surface area contributed by atoms with E-state index < -0.39 is 0 Å². The van der Waals surface area contributed by atoms with Gasteiger partial charge in [0.2, 0.25) is 5.91 Å². The lowest BCUT2D eigenvalue weighted by atomic mass is 10.1. The summed E-state index contributed by atoms with van der Waals surface area (Å²) in [5.41, 5.74) is 1.61. The SMILES string of the molecule is CC(C)CN(Cc1cccn1C)C(=O)CN(C(=O)c1cccc(Cl)c1)C1CC1. The first kappa shape index (κ1) is 20.5. The highest BCUT2D eigenvalue weighted by Gasteiger charge is 2.35. The largest absolute Gasteiger partial charge is 0.353 e. The number of carbonyl (C=O) groups is 2. The molecule has 0 radical (unpaired) electrons. The van der Waals surface area contributed by atoms with Gasteiger partial charge in [-0.15, -0.1) is 0 Å². The molecule has 1 aromatic heterocycles. The number of nitrogens with zero attached hydrogens (tertiary/aromatic N) is 3. The fourth-order valence-electron chi connectivity index (χ4n) is 3.34. The molecule has 0 spiro atoms.